The molecule has 2 aliphatic rings. The number of unbranched alkanes of at least 4 members (excludes halogenated alkanes) is 1. The molecule has 2 aromatic rings. The Morgan fingerprint density at radius 1 is 0.643 bits per heavy atom. The van der Waals surface area contributed by atoms with E-state index in [2.05, 4.69) is 0 Å². The lowest BCUT2D eigenvalue weighted by molar-refractivity contribution is -0.155. The molecule has 12 heteroatoms. The van der Waals surface area contributed by atoms with Crippen LogP contribution in [0, 0.1) is 0 Å². The smallest absolute Gasteiger partial charge is 0.329 e. The number of esters is 2. The molecule has 4 rings (SSSR count). The van der Waals surface area contributed by atoms with Crippen LogP contribution in [0.1, 0.15) is 49.7 Å². The Hall–Kier alpha value is -3.96. The molecule has 0 spiro atoms. The van der Waals surface area contributed by atoms with Crippen LogP contribution in [-0.2, 0) is 41.9 Å². The molecule has 8 nitrogen and oxygen atoms in total. The Bertz CT molecular complexity index is 1160. The third-order valence-electron chi connectivity index (χ3n) is 7.20. The summed E-state index contributed by atoms with van der Waals surface area (Å²) in [6, 6.07) is 14.5. The van der Waals surface area contributed by atoms with Gasteiger partial charge in [0.1, 0.15) is 25.3 Å². The zero-order valence-electron chi connectivity index (χ0n) is 22.9. The van der Waals surface area contributed by atoms with E-state index in [-0.39, 0.29) is 38.9 Å². The largest absolute Gasteiger partial charge is 0.459 e. The second-order valence-corrected chi connectivity index (χ2v) is 10.6. The predicted molar refractivity (Wildman–Crippen MR) is 141 cm³/mol. The molecule has 0 saturated carbocycles. The van der Waals surface area contributed by atoms with Crippen LogP contribution in [-0.4, -0.2) is 70.6 Å². The Kier molecular flexibility index (Phi) is 9.85. The molecule has 0 aromatic heterocycles. The van der Waals surface area contributed by atoms with Crippen LogP contribution in [0.4, 0.5) is 17.6 Å². The van der Waals surface area contributed by atoms with E-state index in [0.717, 1.165) is 9.80 Å². The Balaban J connectivity index is 1.25. The molecule has 2 aliphatic heterocycles. The van der Waals surface area contributed by atoms with Crippen LogP contribution < -0.4 is 0 Å². The summed E-state index contributed by atoms with van der Waals surface area (Å²) in [5, 5.41) is 0. The van der Waals surface area contributed by atoms with Gasteiger partial charge in [0.15, 0.2) is 0 Å². The molecule has 0 N–H and O–H groups in total. The third kappa shape index (κ3) is 8.29. The Labute approximate surface area is 240 Å². The van der Waals surface area contributed by atoms with Gasteiger partial charge in [0.05, 0.1) is 13.1 Å². The molecule has 42 heavy (non-hydrogen) atoms. The lowest BCUT2D eigenvalue weighted by atomic mass is 10.1. The Morgan fingerprint density at radius 2 is 1.00 bits per heavy atom. The predicted octanol–water partition coefficient (Wildman–Crippen LogP) is 4.51. The van der Waals surface area contributed by atoms with Crippen molar-refractivity contribution in [1.82, 2.24) is 9.80 Å². The van der Waals surface area contributed by atoms with Crippen molar-refractivity contribution in [3.63, 3.8) is 0 Å². The van der Waals surface area contributed by atoms with Crippen LogP contribution in [0.2, 0.25) is 0 Å². The minimum atomic E-state index is -3.26. The lowest BCUT2D eigenvalue weighted by Crippen LogP contribution is -2.42. The van der Waals surface area contributed by atoms with Gasteiger partial charge in [-0.2, -0.15) is 0 Å². The van der Waals surface area contributed by atoms with Crippen molar-refractivity contribution < 1.29 is 46.2 Å². The van der Waals surface area contributed by atoms with E-state index in [1.54, 1.807) is 60.7 Å². The van der Waals surface area contributed by atoms with Crippen molar-refractivity contribution in [2.75, 3.05) is 13.1 Å². The molecule has 0 bridgehead atoms. The van der Waals surface area contributed by atoms with Gasteiger partial charge in [-0.15, -0.1) is 0 Å². The fourth-order valence-electron chi connectivity index (χ4n) is 5.07. The van der Waals surface area contributed by atoms with Crippen molar-refractivity contribution in [3.05, 3.63) is 71.8 Å². The van der Waals surface area contributed by atoms with Gasteiger partial charge in [0.25, 0.3) is 11.8 Å². The highest BCUT2D eigenvalue weighted by molar-refractivity contribution is 5.86. The maximum absolute atomic E-state index is 14.2. The Morgan fingerprint density at radius 3 is 1.36 bits per heavy atom. The van der Waals surface area contributed by atoms with Crippen molar-refractivity contribution in [2.45, 2.75) is 75.7 Å². The number of hydrogen-bond donors (Lipinski definition) is 0. The van der Waals surface area contributed by atoms with Crippen LogP contribution in [0.3, 0.4) is 0 Å². The molecule has 2 amide bonds. The highest BCUT2D eigenvalue weighted by Crippen LogP contribution is 2.35. The minimum Gasteiger partial charge on any atom is -0.459 e. The average molecular weight is 593 g/mol. The summed E-state index contributed by atoms with van der Waals surface area (Å²) in [4.78, 5) is 52.2. The SMILES string of the molecule is O=C(OCc1ccccc1)C1CC(F)(F)CN1C(=O)CCCCC(=O)N1CC(F)(F)CC1C(=O)OCc1ccccc1. The second kappa shape index (κ2) is 13.3. The average Bonchev–Trinajstić information content (AvgIpc) is 3.48. The molecule has 0 radical (unpaired) electrons. The van der Waals surface area contributed by atoms with Gasteiger partial charge < -0.3 is 19.3 Å². The van der Waals surface area contributed by atoms with Crippen LogP contribution >= 0.6 is 0 Å². The van der Waals surface area contributed by atoms with E-state index in [0.29, 0.717) is 11.1 Å². The molecule has 2 aromatic carbocycles. The van der Waals surface area contributed by atoms with Gasteiger partial charge in [0.2, 0.25) is 11.8 Å². The van der Waals surface area contributed by atoms with Crippen LogP contribution in [0.5, 0.6) is 0 Å². The summed E-state index contributed by atoms with van der Waals surface area (Å²) in [6.07, 6.45) is -1.99. The maximum atomic E-state index is 14.2. The number of ether oxygens (including phenoxy) is 2. The van der Waals surface area contributed by atoms with E-state index < -0.39 is 73.6 Å². The van der Waals surface area contributed by atoms with E-state index in [1.165, 1.54) is 0 Å². The van der Waals surface area contributed by atoms with E-state index >= 15 is 0 Å². The standard InChI is InChI=1S/C30H32F4N2O6/c31-29(32)15-23(27(39)41-17-21-9-3-1-4-10-21)35(19-29)25(37)13-7-8-14-26(38)36-20-30(33,34)16-24(36)28(40)42-18-22-11-5-2-6-12-22/h1-6,9-12,23-24H,7-8,13-20H2. The maximum Gasteiger partial charge on any atom is 0.329 e. The van der Waals surface area contributed by atoms with Crippen molar-refractivity contribution in [1.29, 1.82) is 0 Å². The summed E-state index contributed by atoms with van der Waals surface area (Å²) >= 11 is 0. The van der Waals surface area contributed by atoms with Crippen molar-refractivity contribution in [3.8, 4) is 0 Å². The second-order valence-electron chi connectivity index (χ2n) is 10.6. The van der Waals surface area contributed by atoms with Crippen molar-refractivity contribution >= 4 is 23.8 Å². The van der Waals surface area contributed by atoms with E-state index in [4.69, 9.17) is 9.47 Å². The van der Waals surface area contributed by atoms with Crippen LogP contribution in [0.15, 0.2) is 60.7 Å². The molecule has 2 fully saturated rings. The number of rotatable bonds is 11. The lowest BCUT2D eigenvalue weighted by Gasteiger charge is -2.23. The fourth-order valence-corrected chi connectivity index (χ4v) is 5.07. The molecule has 2 saturated heterocycles. The quantitative estimate of drug-likeness (QED) is 0.217. The minimum absolute atomic E-state index is 0.0891. The first-order valence-electron chi connectivity index (χ1n) is 13.7. The number of likely N-dealkylation sites (tertiary alicyclic amines) is 2. The highest BCUT2D eigenvalue weighted by atomic mass is 19.3. The number of halogens is 4. The van der Waals surface area contributed by atoms with E-state index in [1.807, 2.05) is 0 Å². The normalized spacial score (nSPS) is 20.8. The molecule has 2 heterocycles. The number of hydrogen-bond acceptors (Lipinski definition) is 6. The molecule has 0 aliphatic carbocycles. The first-order valence-corrected chi connectivity index (χ1v) is 13.7. The summed E-state index contributed by atoms with van der Waals surface area (Å²) in [5.74, 6) is -9.77. The summed E-state index contributed by atoms with van der Waals surface area (Å²) < 4.78 is 67.0. The number of amides is 2. The number of carbonyl (C=O) groups is 4. The van der Waals surface area contributed by atoms with Gasteiger partial charge in [-0.1, -0.05) is 60.7 Å². The molecular formula is C30H32F4N2O6. The van der Waals surface area contributed by atoms with Crippen LogP contribution in [0.25, 0.3) is 0 Å². The molecular weight excluding hydrogens is 560 g/mol. The first-order chi connectivity index (χ1) is 19.9. The summed E-state index contributed by atoms with van der Waals surface area (Å²) in [7, 11) is 0. The highest BCUT2D eigenvalue weighted by Gasteiger charge is 2.51. The molecule has 2 atom stereocenters. The molecule has 2 unspecified atom stereocenters. The molecule has 226 valence electrons. The van der Waals surface area contributed by atoms with E-state index in [9.17, 15) is 36.7 Å². The van der Waals surface area contributed by atoms with Crippen molar-refractivity contribution in [2.24, 2.45) is 0 Å². The van der Waals surface area contributed by atoms with Gasteiger partial charge in [-0.3, -0.25) is 9.59 Å². The number of benzene rings is 2. The first kappa shape index (κ1) is 31.0. The number of carbonyl (C=O) groups excluding carboxylic acids is 4. The topological polar surface area (TPSA) is 93.2 Å². The summed E-state index contributed by atoms with van der Waals surface area (Å²) in [6.45, 7) is -2.10. The van der Waals surface area contributed by atoms with Gasteiger partial charge >= 0.3 is 11.9 Å². The van der Waals surface area contributed by atoms with Gasteiger partial charge in [0, 0.05) is 25.7 Å². The number of alkyl halides is 4. The number of nitrogens with zero attached hydrogens (tertiary/aromatic N) is 2. The third-order valence-corrected chi connectivity index (χ3v) is 7.20. The zero-order chi connectivity index (χ0) is 30.3. The van der Waals surface area contributed by atoms with Gasteiger partial charge in [-0.05, 0) is 24.0 Å². The monoisotopic (exact) mass is 592 g/mol. The van der Waals surface area contributed by atoms with Gasteiger partial charge in [-0.25, -0.2) is 27.2 Å². The fraction of sp³-hybridized carbons (Fsp3) is 0.467. The summed E-state index contributed by atoms with van der Waals surface area (Å²) in [5.41, 5.74) is 1.33. The zero-order valence-corrected chi connectivity index (χ0v) is 22.9.